The second-order valence-electron chi connectivity index (χ2n) is 7.12. The standard InChI is InChI=1S/C21H25N5O2S/c1-24-20(15-8-10-22-11-9-15)23-26(21(24)29)14-25-12-4-5-18(25)17-13-16(27-2)6-7-19(17)28-3/h6-11,13,18H,4-5,12,14H2,1-3H3. The summed E-state index contributed by atoms with van der Waals surface area (Å²) in [6.45, 7) is 1.61. The molecule has 7 nitrogen and oxygen atoms in total. The number of pyridine rings is 1. The average molecular weight is 412 g/mol. The highest BCUT2D eigenvalue weighted by Gasteiger charge is 2.29. The van der Waals surface area contributed by atoms with E-state index in [0.29, 0.717) is 11.4 Å². The first-order valence-electron chi connectivity index (χ1n) is 9.62. The van der Waals surface area contributed by atoms with Crippen molar-refractivity contribution in [3.8, 4) is 22.9 Å². The summed E-state index contributed by atoms with van der Waals surface area (Å²) < 4.78 is 15.6. The Morgan fingerprint density at radius 3 is 2.66 bits per heavy atom. The van der Waals surface area contributed by atoms with Crippen LogP contribution in [0.1, 0.15) is 24.4 Å². The van der Waals surface area contributed by atoms with Crippen LogP contribution in [-0.2, 0) is 13.7 Å². The van der Waals surface area contributed by atoms with Gasteiger partial charge in [-0.15, -0.1) is 0 Å². The van der Waals surface area contributed by atoms with Crippen LogP contribution >= 0.6 is 12.2 Å². The highest BCUT2D eigenvalue weighted by Crippen LogP contribution is 2.39. The fourth-order valence-corrected chi connectivity index (χ4v) is 4.14. The van der Waals surface area contributed by atoms with Crippen molar-refractivity contribution in [3.05, 3.63) is 53.1 Å². The van der Waals surface area contributed by atoms with Crippen LogP contribution < -0.4 is 9.47 Å². The molecule has 8 heteroatoms. The first-order valence-corrected chi connectivity index (χ1v) is 10.0. The van der Waals surface area contributed by atoms with Gasteiger partial charge in [-0.3, -0.25) is 9.88 Å². The zero-order valence-electron chi connectivity index (χ0n) is 16.9. The molecule has 1 aliphatic rings. The van der Waals surface area contributed by atoms with Crippen molar-refractivity contribution >= 4 is 12.2 Å². The van der Waals surface area contributed by atoms with Gasteiger partial charge in [0.25, 0.3) is 0 Å². The molecular formula is C21H25N5O2S. The predicted molar refractivity (Wildman–Crippen MR) is 113 cm³/mol. The van der Waals surface area contributed by atoms with Gasteiger partial charge in [0.1, 0.15) is 11.5 Å². The number of aromatic nitrogens is 4. The quantitative estimate of drug-likeness (QED) is 0.575. The summed E-state index contributed by atoms with van der Waals surface area (Å²) in [5.74, 6) is 2.55. The van der Waals surface area contributed by atoms with Crippen molar-refractivity contribution in [2.75, 3.05) is 20.8 Å². The van der Waals surface area contributed by atoms with Crippen molar-refractivity contribution in [3.63, 3.8) is 0 Å². The Balaban J connectivity index is 1.64. The van der Waals surface area contributed by atoms with Gasteiger partial charge in [0.15, 0.2) is 10.6 Å². The lowest BCUT2D eigenvalue weighted by molar-refractivity contribution is 0.186. The molecule has 1 atom stereocenters. The molecule has 1 fully saturated rings. The summed E-state index contributed by atoms with van der Waals surface area (Å²) in [4.78, 5) is 6.49. The van der Waals surface area contributed by atoms with Gasteiger partial charge >= 0.3 is 0 Å². The van der Waals surface area contributed by atoms with Crippen molar-refractivity contribution in [1.82, 2.24) is 24.2 Å². The Bertz CT molecular complexity index is 1050. The maximum absolute atomic E-state index is 5.67. The van der Waals surface area contributed by atoms with Gasteiger partial charge in [-0.05, 0) is 55.4 Å². The lowest BCUT2D eigenvalue weighted by Gasteiger charge is -2.26. The summed E-state index contributed by atoms with van der Waals surface area (Å²) in [5, 5.41) is 4.80. The Morgan fingerprint density at radius 2 is 1.93 bits per heavy atom. The Kier molecular flexibility index (Phi) is 5.64. The summed E-state index contributed by atoms with van der Waals surface area (Å²) in [6.07, 6.45) is 5.70. The van der Waals surface area contributed by atoms with Crippen LogP contribution in [0.5, 0.6) is 11.5 Å². The van der Waals surface area contributed by atoms with Gasteiger partial charge in [0, 0.05) is 43.2 Å². The summed E-state index contributed by atoms with van der Waals surface area (Å²) >= 11 is 5.67. The third-order valence-corrected chi connectivity index (χ3v) is 5.94. The van der Waals surface area contributed by atoms with Gasteiger partial charge in [0.2, 0.25) is 0 Å². The first kappa shape index (κ1) is 19.6. The molecule has 1 aliphatic heterocycles. The second kappa shape index (κ2) is 8.34. The van der Waals surface area contributed by atoms with Crippen molar-refractivity contribution < 1.29 is 9.47 Å². The molecule has 0 bridgehead atoms. The number of rotatable bonds is 6. The molecule has 0 saturated carbocycles. The van der Waals surface area contributed by atoms with Crippen LogP contribution in [0, 0.1) is 4.77 Å². The van der Waals surface area contributed by atoms with Crippen LogP contribution in [0.3, 0.4) is 0 Å². The van der Waals surface area contributed by atoms with E-state index in [1.165, 1.54) is 0 Å². The minimum Gasteiger partial charge on any atom is -0.497 e. The molecule has 3 heterocycles. The molecule has 0 radical (unpaired) electrons. The number of nitrogens with zero attached hydrogens (tertiary/aromatic N) is 5. The minimum atomic E-state index is 0.230. The first-order chi connectivity index (χ1) is 14.1. The fraction of sp³-hybridized carbons (Fsp3) is 0.381. The fourth-order valence-electron chi connectivity index (χ4n) is 3.95. The monoisotopic (exact) mass is 411 g/mol. The lowest BCUT2D eigenvalue weighted by Crippen LogP contribution is -2.27. The smallest absolute Gasteiger partial charge is 0.199 e. The Labute approximate surface area is 175 Å². The third-order valence-electron chi connectivity index (χ3n) is 5.45. The van der Waals surface area contributed by atoms with Crippen LogP contribution in [0.15, 0.2) is 42.7 Å². The van der Waals surface area contributed by atoms with E-state index in [1.54, 1.807) is 26.6 Å². The number of hydrogen-bond acceptors (Lipinski definition) is 6. The molecule has 152 valence electrons. The summed E-state index contributed by atoms with van der Waals surface area (Å²) in [5.41, 5.74) is 2.14. The molecule has 4 rings (SSSR count). The molecule has 0 amide bonds. The molecular weight excluding hydrogens is 386 g/mol. The average Bonchev–Trinajstić information content (AvgIpc) is 3.34. The van der Waals surface area contributed by atoms with E-state index in [4.69, 9.17) is 26.8 Å². The van der Waals surface area contributed by atoms with E-state index >= 15 is 0 Å². The van der Waals surface area contributed by atoms with Crippen LogP contribution in [-0.4, -0.2) is 45.0 Å². The van der Waals surface area contributed by atoms with Crippen LogP contribution in [0.25, 0.3) is 11.4 Å². The molecule has 0 N–H and O–H groups in total. The molecule has 0 aliphatic carbocycles. The number of likely N-dealkylation sites (tertiary alicyclic amines) is 1. The second-order valence-corrected chi connectivity index (χ2v) is 7.49. The third kappa shape index (κ3) is 3.77. The van der Waals surface area contributed by atoms with Crippen molar-refractivity contribution in [1.29, 1.82) is 0 Å². The molecule has 3 aromatic rings. The summed E-state index contributed by atoms with van der Waals surface area (Å²) in [6, 6.07) is 10.1. The van der Waals surface area contributed by atoms with Gasteiger partial charge in [-0.1, -0.05) is 0 Å². The van der Waals surface area contributed by atoms with Crippen LogP contribution in [0.2, 0.25) is 0 Å². The van der Waals surface area contributed by atoms with Crippen LogP contribution in [0.4, 0.5) is 0 Å². The van der Waals surface area contributed by atoms with Crippen molar-refractivity contribution in [2.45, 2.75) is 25.6 Å². The molecule has 29 heavy (non-hydrogen) atoms. The summed E-state index contributed by atoms with van der Waals surface area (Å²) in [7, 11) is 5.35. The molecule has 2 aromatic heterocycles. The van der Waals surface area contributed by atoms with E-state index in [1.807, 2.05) is 40.6 Å². The number of ether oxygens (including phenoxy) is 2. The van der Waals surface area contributed by atoms with Gasteiger partial charge in [-0.2, -0.15) is 5.10 Å². The number of methoxy groups -OCH3 is 2. The molecule has 0 spiro atoms. The highest BCUT2D eigenvalue weighted by molar-refractivity contribution is 7.71. The minimum absolute atomic E-state index is 0.230. The van der Waals surface area contributed by atoms with Gasteiger partial charge in [0.05, 0.1) is 20.9 Å². The SMILES string of the molecule is COc1ccc(OC)c(C2CCCN2Cn2nc(-c3ccncc3)n(C)c2=S)c1. The normalized spacial score (nSPS) is 16.9. The maximum atomic E-state index is 5.67. The van der Waals surface area contributed by atoms with E-state index < -0.39 is 0 Å². The van der Waals surface area contributed by atoms with E-state index in [-0.39, 0.29) is 6.04 Å². The number of hydrogen-bond donors (Lipinski definition) is 0. The molecule has 1 aromatic carbocycles. The van der Waals surface area contributed by atoms with Gasteiger partial charge in [-0.25, -0.2) is 4.68 Å². The maximum Gasteiger partial charge on any atom is 0.199 e. The van der Waals surface area contributed by atoms with Crippen molar-refractivity contribution in [2.24, 2.45) is 7.05 Å². The van der Waals surface area contributed by atoms with E-state index in [9.17, 15) is 0 Å². The zero-order chi connectivity index (χ0) is 20.4. The van der Waals surface area contributed by atoms with E-state index in [0.717, 1.165) is 47.8 Å². The predicted octanol–water partition coefficient (Wildman–Crippen LogP) is 3.82. The highest BCUT2D eigenvalue weighted by atomic mass is 32.1. The molecule has 1 unspecified atom stereocenters. The zero-order valence-corrected chi connectivity index (χ0v) is 17.7. The lowest BCUT2D eigenvalue weighted by atomic mass is 10.0. The van der Waals surface area contributed by atoms with Gasteiger partial charge < -0.3 is 14.0 Å². The largest absolute Gasteiger partial charge is 0.497 e. The topological polar surface area (TPSA) is 57.3 Å². The van der Waals surface area contributed by atoms with E-state index in [2.05, 4.69) is 16.0 Å². The number of benzene rings is 1. The Hall–Kier alpha value is -2.71. The Morgan fingerprint density at radius 1 is 1.14 bits per heavy atom. The molecule has 1 saturated heterocycles.